The van der Waals surface area contributed by atoms with E-state index in [0.717, 1.165) is 17.2 Å². The van der Waals surface area contributed by atoms with Gasteiger partial charge < -0.3 is 5.32 Å². The predicted molar refractivity (Wildman–Crippen MR) is 106 cm³/mol. The Hall–Kier alpha value is -2.41. The Kier molecular flexibility index (Phi) is 6.59. The summed E-state index contributed by atoms with van der Waals surface area (Å²) in [6.07, 6.45) is 0.582. The third-order valence-corrected chi connectivity index (χ3v) is 5.43. The molecule has 0 aliphatic carbocycles. The Balaban J connectivity index is 1.89. The van der Waals surface area contributed by atoms with Crippen LogP contribution in [0.1, 0.15) is 40.0 Å². The van der Waals surface area contributed by atoms with Gasteiger partial charge in [-0.2, -0.15) is 0 Å². The third-order valence-electron chi connectivity index (χ3n) is 4.06. The number of nitrogens with one attached hydrogen (secondary N) is 2. The molecule has 0 saturated heterocycles. The summed E-state index contributed by atoms with van der Waals surface area (Å²) < 4.78 is 26.8. The molecule has 27 heavy (non-hydrogen) atoms. The quantitative estimate of drug-likeness (QED) is 0.760. The van der Waals surface area contributed by atoms with Gasteiger partial charge in [-0.25, -0.2) is 13.1 Å². The van der Waals surface area contributed by atoms with E-state index in [2.05, 4.69) is 26.1 Å². The molecule has 0 spiro atoms. The van der Waals surface area contributed by atoms with E-state index >= 15 is 0 Å². The molecule has 0 atom stereocenters. The van der Waals surface area contributed by atoms with Gasteiger partial charge in [0.1, 0.15) is 0 Å². The first-order valence-corrected chi connectivity index (χ1v) is 10.4. The molecule has 0 aromatic heterocycles. The zero-order chi connectivity index (χ0) is 20.1. The molecular formula is C20H26N2O4S. The number of hydrogen-bond donors (Lipinski definition) is 2. The molecular weight excluding hydrogens is 364 g/mol. The van der Waals surface area contributed by atoms with E-state index < -0.39 is 15.9 Å². The van der Waals surface area contributed by atoms with Gasteiger partial charge >= 0.3 is 0 Å². The van der Waals surface area contributed by atoms with Gasteiger partial charge in [-0.05, 0) is 34.7 Å². The van der Waals surface area contributed by atoms with Crippen LogP contribution in [-0.4, -0.2) is 26.8 Å². The highest BCUT2D eigenvalue weighted by molar-refractivity contribution is 7.90. The number of fused-ring (bicyclic) bond motifs is 1. The first kappa shape index (κ1) is 20.9. The summed E-state index contributed by atoms with van der Waals surface area (Å²) in [5, 5.41) is 4.42. The van der Waals surface area contributed by atoms with Crippen LogP contribution in [0.2, 0.25) is 0 Å². The molecule has 0 bridgehead atoms. The minimum atomic E-state index is -3.97. The van der Waals surface area contributed by atoms with Crippen LogP contribution in [0.15, 0.2) is 47.4 Å². The summed E-state index contributed by atoms with van der Waals surface area (Å²) in [4.78, 5) is 23.8. The Morgan fingerprint density at radius 1 is 0.926 bits per heavy atom. The van der Waals surface area contributed by atoms with E-state index in [1.165, 1.54) is 12.1 Å². The van der Waals surface area contributed by atoms with Gasteiger partial charge in [0.2, 0.25) is 11.8 Å². The Bertz CT molecular complexity index is 930. The normalized spacial score (nSPS) is 12.0. The van der Waals surface area contributed by atoms with Crippen LogP contribution in [0.5, 0.6) is 0 Å². The van der Waals surface area contributed by atoms with Crippen molar-refractivity contribution in [2.75, 3.05) is 6.54 Å². The lowest BCUT2D eigenvalue weighted by Crippen LogP contribution is -2.32. The summed E-state index contributed by atoms with van der Waals surface area (Å²) in [6.45, 7) is 6.75. The van der Waals surface area contributed by atoms with E-state index in [9.17, 15) is 18.0 Å². The predicted octanol–water partition coefficient (Wildman–Crippen LogP) is 2.98. The van der Waals surface area contributed by atoms with E-state index in [1.807, 2.05) is 22.9 Å². The van der Waals surface area contributed by atoms with Crippen molar-refractivity contribution in [3.8, 4) is 0 Å². The second-order valence-electron chi connectivity index (χ2n) is 7.70. The van der Waals surface area contributed by atoms with E-state index in [1.54, 1.807) is 12.1 Å². The summed E-state index contributed by atoms with van der Waals surface area (Å²) in [6, 6.07) is 12.0. The smallest absolute Gasteiger partial charge is 0.264 e. The largest absolute Gasteiger partial charge is 0.356 e. The van der Waals surface area contributed by atoms with Crippen LogP contribution in [0, 0.1) is 5.41 Å². The van der Waals surface area contributed by atoms with E-state index in [0.29, 0.717) is 6.54 Å². The van der Waals surface area contributed by atoms with Crippen molar-refractivity contribution in [2.24, 2.45) is 5.41 Å². The van der Waals surface area contributed by atoms with Crippen molar-refractivity contribution >= 4 is 32.6 Å². The number of carbonyl (C=O) groups excluding carboxylic acids is 2. The lowest BCUT2D eigenvalue weighted by molar-refractivity contribution is -0.125. The van der Waals surface area contributed by atoms with Crippen LogP contribution in [0.25, 0.3) is 10.8 Å². The number of sulfonamides is 1. The molecule has 2 N–H and O–H groups in total. The standard InChI is InChI=1S/C20H26N2O4S/c1-20(2,3)12-13-21-18(23)10-11-19(24)22-27(25,26)17-9-8-15-6-4-5-7-16(15)14-17/h4-9,14H,10-13H2,1-3H3,(H,21,23)(H,22,24). The maximum atomic E-state index is 12.4. The molecule has 146 valence electrons. The summed E-state index contributed by atoms with van der Waals surface area (Å²) >= 11 is 0. The number of benzene rings is 2. The molecule has 0 fully saturated rings. The fourth-order valence-electron chi connectivity index (χ4n) is 2.49. The summed E-state index contributed by atoms with van der Waals surface area (Å²) in [5.41, 5.74) is 0.110. The number of carbonyl (C=O) groups is 2. The zero-order valence-electron chi connectivity index (χ0n) is 15.9. The van der Waals surface area contributed by atoms with Crippen LogP contribution < -0.4 is 10.0 Å². The zero-order valence-corrected chi connectivity index (χ0v) is 16.7. The lowest BCUT2D eigenvalue weighted by Gasteiger charge is -2.17. The van der Waals surface area contributed by atoms with E-state index in [4.69, 9.17) is 0 Å². The fourth-order valence-corrected chi connectivity index (χ4v) is 3.54. The van der Waals surface area contributed by atoms with Crippen LogP contribution in [0.3, 0.4) is 0 Å². The maximum Gasteiger partial charge on any atom is 0.264 e. The molecule has 7 heteroatoms. The highest BCUT2D eigenvalue weighted by Gasteiger charge is 2.19. The second kappa shape index (κ2) is 8.52. The molecule has 0 aliphatic heterocycles. The van der Waals surface area contributed by atoms with Gasteiger partial charge in [-0.1, -0.05) is 51.1 Å². The SMILES string of the molecule is CC(C)(C)CCNC(=O)CCC(=O)NS(=O)(=O)c1ccc2ccccc2c1. The van der Waals surface area contributed by atoms with Crippen molar-refractivity contribution in [3.63, 3.8) is 0 Å². The summed E-state index contributed by atoms with van der Waals surface area (Å²) in [7, 11) is -3.97. The molecule has 2 rings (SSSR count). The van der Waals surface area contributed by atoms with E-state index in [-0.39, 0.29) is 29.1 Å². The van der Waals surface area contributed by atoms with Crippen LogP contribution in [-0.2, 0) is 19.6 Å². The second-order valence-corrected chi connectivity index (χ2v) is 9.38. The number of rotatable bonds is 7. The number of amides is 2. The van der Waals surface area contributed by atoms with Crippen molar-refractivity contribution < 1.29 is 18.0 Å². The van der Waals surface area contributed by atoms with Gasteiger partial charge in [0, 0.05) is 19.4 Å². The molecule has 2 aromatic carbocycles. The molecule has 0 unspecified atom stereocenters. The van der Waals surface area contributed by atoms with Crippen LogP contribution >= 0.6 is 0 Å². The fraction of sp³-hybridized carbons (Fsp3) is 0.400. The molecule has 0 heterocycles. The monoisotopic (exact) mass is 390 g/mol. The molecule has 2 amide bonds. The van der Waals surface area contributed by atoms with Gasteiger partial charge in [0.15, 0.2) is 0 Å². The van der Waals surface area contributed by atoms with Gasteiger partial charge in [-0.3, -0.25) is 9.59 Å². The highest BCUT2D eigenvalue weighted by atomic mass is 32.2. The molecule has 0 saturated carbocycles. The Morgan fingerprint density at radius 3 is 2.22 bits per heavy atom. The van der Waals surface area contributed by atoms with Gasteiger partial charge in [0.25, 0.3) is 10.0 Å². The van der Waals surface area contributed by atoms with Crippen molar-refractivity contribution in [1.29, 1.82) is 0 Å². The average molecular weight is 391 g/mol. The lowest BCUT2D eigenvalue weighted by atomic mass is 9.92. The Morgan fingerprint density at radius 2 is 1.56 bits per heavy atom. The third kappa shape index (κ3) is 6.67. The first-order valence-electron chi connectivity index (χ1n) is 8.88. The first-order chi connectivity index (χ1) is 12.6. The number of hydrogen-bond acceptors (Lipinski definition) is 4. The highest BCUT2D eigenvalue weighted by Crippen LogP contribution is 2.19. The van der Waals surface area contributed by atoms with Crippen molar-refractivity contribution in [2.45, 2.75) is 44.9 Å². The van der Waals surface area contributed by atoms with Crippen molar-refractivity contribution in [1.82, 2.24) is 10.0 Å². The molecule has 0 aliphatic rings. The van der Waals surface area contributed by atoms with Crippen molar-refractivity contribution in [3.05, 3.63) is 42.5 Å². The van der Waals surface area contributed by atoms with Gasteiger partial charge in [0.05, 0.1) is 4.90 Å². The molecule has 2 aromatic rings. The average Bonchev–Trinajstić information content (AvgIpc) is 2.58. The molecule has 6 nitrogen and oxygen atoms in total. The minimum Gasteiger partial charge on any atom is -0.356 e. The summed E-state index contributed by atoms with van der Waals surface area (Å²) in [5.74, 6) is -0.966. The Labute approximate surface area is 160 Å². The maximum absolute atomic E-state index is 12.4. The molecule has 0 radical (unpaired) electrons. The topological polar surface area (TPSA) is 92.3 Å². The van der Waals surface area contributed by atoms with Crippen LogP contribution in [0.4, 0.5) is 0 Å². The minimum absolute atomic E-state index is 0.0178. The van der Waals surface area contributed by atoms with Gasteiger partial charge in [-0.15, -0.1) is 0 Å².